The van der Waals surface area contributed by atoms with Gasteiger partial charge >= 0.3 is 6.18 Å². The Labute approximate surface area is 95.8 Å². The van der Waals surface area contributed by atoms with E-state index in [1.807, 2.05) is 0 Å². The largest absolute Gasteiger partial charge is 0.435 e. The van der Waals surface area contributed by atoms with Crippen LogP contribution in [0.1, 0.15) is 23.4 Å². The predicted octanol–water partition coefficient (Wildman–Crippen LogP) is 3.52. The van der Waals surface area contributed by atoms with Crippen LogP contribution in [0.15, 0.2) is 6.07 Å². The topological polar surface area (TPSA) is 38.9 Å². The van der Waals surface area contributed by atoms with Crippen molar-refractivity contribution in [2.24, 2.45) is 0 Å². The van der Waals surface area contributed by atoms with Gasteiger partial charge in [-0.3, -0.25) is 0 Å². The maximum Gasteiger partial charge on any atom is 0.435 e. The molecule has 0 amide bonds. The van der Waals surface area contributed by atoms with Crippen LogP contribution in [0.3, 0.4) is 0 Å². The van der Waals surface area contributed by atoms with Crippen LogP contribution in [0.4, 0.5) is 27.6 Å². The summed E-state index contributed by atoms with van der Waals surface area (Å²) in [6.45, 7) is 0. The van der Waals surface area contributed by atoms with Crippen molar-refractivity contribution < 1.29 is 22.0 Å². The maximum atomic E-state index is 12.4. The van der Waals surface area contributed by atoms with Crippen molar-refractivity contribution in [1.29, 1.82) is 0 Å². The smallest absolute Gasteiger partial charge is 0.397 e. The summed E-state index contributed by atoms with van der Waals surface area (Å²) in [5.41, 5.74) is 1.94. The van der Waals surface area contributed by atoms with Crippen molar-refractivity contribution in [2.45, 2.75) is 17.9 Å². The molecule has 0 saturated carbocycles. The van der Waals surface area contributed by atoms with E-state index in [0.29, 0.717) is 6.07 Å². The van der Waals surface area contributed by atoms with E-state index in [-0.39, 0.29) is 11.0 Å². The Kier molecular flexibility index (Phi) is 3.72. The van der Waals surface area contributed by atoms with E-state index >= 15 is 0 Å². The van der Waals surface area contributed by atoms with Crippen LogP contribution in [0, 0.1) is 0 Å². The minimum Gasteiger partial charge on any atom is -0.397 e. The number of nitrogens with zero attached hydrogens (tertiary/aromatic N) is 1. The standard InChI is InChI=1S/C8H6BrF5N2/c9-2-5-3(7(10)11)1-4(15)6(16-5)8(12,13)14/h1,7H,2,15H2. The molecule has 16 heavy (non-hydrogen) atoms. The Morgan fingerprint density at radius 3 is 2.31 bits per heavy atom. The fourth-order valence-electron chi connectivity index (χ4n) is 1.11. The average Bonchev–Trinajstić information content (AvgIpc) is 2.15. The van der Waals surface area contributed by atoms with Gasteiger partial charge in [-0.25, -0.2) is 13.8 Å². The zero-order valence-electron chi connectivity index (χ0n) is 7.65. The van der Waals surface area contributed by atoms with Gasteiger partial charge in [0.1, 0.15) is 0 Å². The lowest BCUT2D eigenvalue weighted by Gasteiger charge is -2.13. The van der Waals surface area contributed by atoms with E-state index in [4.69, 9.17) is 5.73 Å². The van der Waals surface area contributed by atoms with E-state index in [0.717, 1.165) is 0 Å². The van der Waals surface area contributed by atoms with Crippen LogP contribution in [0.25, 0.3) is 0 Å². The van der Waals surface area contributed by atoms with Gasteiger partial charge in [-0.1, -0.05) is 15.9 Å². The van der Waals surface area contributed by atoms with Gasteiger partial charge in [-0.05, 0) is 6.07 Å². The van der Waals surface area contributed by atoms with E-state index in [9.17, 15) is 22.0 Å². The SMILES string of the molecule is Nc1cc(C(F)F)c(CBr)nc1C(F)(F)F. The Morgan fingerprint density at radius 2 is 1.94 bits per heavy atom. The van der Waals surface area contributed by atoms with Crippen LogP contribution in [0.5, 0.6) is 0 Å². The summed E-state index contributed by atoms with van der Waals surface area (Å²) >= 11 is 2.80. The van der Waals surface area contributed by atoms with Crippen molar-refractivity contribution in [3.05, 3.63) is 23.0 Å². The molecule has 1 heterocycles. The summed E-state index contributed by atoms with van der Waals surface area (Å²) < 4.78 is 61.9. The third-order valence-electron chi connectivity index (χ3n) is 1.79. The summed E-state index contributed by atoms with van der Waals surface area (Å²) in [6, 6.07) is 0.608. The van der Waals surface area contributed by atoms with Crippen LogP contribution in [-0.2, 0) is 11.5 Å². The second-order valence-corrected chi connectivity index (χ2v) is 3.45. The molecule has 1 rings (SSSR count). The van der Waals surface area contributed by atoms with Gasteiger partial charge in [-0.2, -0.15) is 13.2 Å². The fourth-order valence-corrected chi connectivity index (χ4v) is 1.56. The Morgan fingerprint density at radius 1 is 1.38 bits per heavy atom. The summed E-state index contributed by atoms with van der Waals surface area (Å²) in [7, 11) is 0. The number of pyridine rings is 1. The molecule has 0 spiro atoms. The number of alkyl halides is 6. The number of hydrogen-bond donors (Lipinski definition) is 1. The van der Waals surface area contributed by atoms with Crippen LogP contribution in [-0.4, -0.2) is 4.98 Å². The molecule has 90 valence electrons. The molecule has 0 radical (unpaired) electrons. The molecule has 2 nitrogen and oxygen atoms in total. The van der Waals surface area contributed by atoms with Crippen molar-refractivity contribution in [3.8, 4) is 0 Å². The summed E-state index contributed by atoms with van der Waals surface area (Å²) in [5, 5.41) is -0.198. The van der Waals surface area contributed by atoms with Gasteiger partial charge in [0, 0.05) is 10.9 Å². The van der Waals surface area contributed by atoms with Gasteiger partial charge in [0.05, 0.1) is 11.4 Å². The quantitative estimate of drug-likeness (QED) is 0.671. The molecule has 8 heteroatoms. The lowest BCUT2D eigenvalue weighted by atomic mass is 10.1. The van der Waals surface area contributed by atoms with Crippen LogP contribution in [0.2, 0.25) is 0 Å². The molecule has 0 aliphatic carbocycles. The molecule has 0 unspecified atom stereocenters. The highest BCUT2D eigenvalue weighted by molar-refractivity contribution is 9.08. The Hall–Kier alpha value is -0.920. The summed E-state index contributed by atoms with van der Waals surface area (Å²) in [6.07, 6.45) is -7.66. The van der Waals surface area contributed by atoms with Crippen LogP contribution >= 0.6 is 15.9 Å². The zero-order valence-corrected chi connectivity index (χ0v) is 9.24. The molecule has 0 aliphatic heterocycles. The maximum absolute atomic E-state index is 12.4. The zero-order chi connectivity index (χ0) is 12.5. The molecule has 0 bridgehead atoms. The second-order valence-electron chi connectivity index (χ2n) is 2.89. The number of rotatable bonds is 2. The Balaban J connectivity index is 3.37. The van der Waals surface area contributed by atoms with Crippen molar-refractivity contribution in [2.75, 3.05) is 5.73 Å². The lowest BCUT2D eigenvalue weighted by molar-refractivity contribution is -0.140. The molecule has 0 saturated heterocycles. The van der Waals surface area contributed by atoms with Gasteiger partial charge in [0.2, 0.25) is 0 Å². The number of nitrogen functional groups attached to an aromatic ring is 1. The van der Waals surface area contributed by atoms with Gasteiger partial charge in [0.15, 0.2) is 5.69 Å². The first-order valence-corrected chi connectivity index (χ1v) is 5.10. The summed E-state index contributed by atoms with van der Waals surface area (Å²) in [5.74, 6) is 0. The number of aromatic nitrogens is 1. The van der Waals surface area contributed by atoms with Gasteiger partial charge < -0.3 is 5.73 Å². The molecular weight excluding hydrogens is 299 g/mol. The normalized spacial score (nSPS) is 12.2. The van der Waals surface area contributed by atoms with Crippen molar-refractivity contribution in [3.63, 3.8) is 0 Å². The highest BCUT2D eigenvalue weighted by atomic mass is 79.9. The lowest BCUT2D eigenvalue weighted by Crippen LogP contribution is -2.14. The van der Waals surface area contributed by atoms with E-state index in [1.54, 1.807) is 0 Å². The van der Waals surface area contributed by atoms with E-state index in [1.165, 1.54) is 0 Å². The monoisotopic (exact) mass is 304 g/mol. The van der Waals surface area contributed by atoms with E-state index < -0.39 is 29.5 Å². The number of hydrogen-bond acceptors (Lipinski definition) is 2. The molecule has 0 fully saturated rings. The number of anilines is 1. The first kappa shape index (κ1) is 13.1. The molecule has 1 aromatic heterocycles. The minimum atomic E-state index is -4.75. The minimum absolute atomic E-state index is 0.198. The predicted molar refractivity (Wildman–Crippen MR) is 51.2 cm³/mol. The third-order valence-corrected chi connectivity index (χ3v) is 2.33. The van der Waals surface area contributed by atoms with Gasteiger partial charge in [0.25, 0.3) is 6.43 Å². The average molecular weight is 305 g/mol. The Bertz CT molecular complexity index is 391. The third kappa shape index (κ3) is 2.60. The van der Waals surface area contributed by atoms with Crippen molar-refractivity contribution >= 4 is 21.6 Å². The highest BCUT2D eigenvalue weighted by Crippen LogP contribution is 2.35. The highest BCUT2D eigenvalue weighted by Gasteiger charge is 2.36. The first-order valence-electron chi connectivity index (χ1n) is 3.98. The summed E-state index contributed by atoms with van der Waals surface area (Å²) in [4.78, 5) is 3.11. The van der Waals surface area contributed by atoms with E-state index in [2.05, 4.69) is 20.9 Å². The van der Waals surface area contributed by atoms with Gasteiger partial charge in [-0.15, -0.1) is 0 Å². The fraction of sp³-hybridized carbons (Fsp3) is 0.375. The first-order chi connectivity index (χ1) is 7.27. The molecule has 0 aliphatic rings. The molecule has 1 aromatic rings. The number of halogens is 6. The number of nitrogens with two attached hydrogens (primary N) is 1. The molecule has 0 aromatic carbocycles. The van der Waals surface area contributed by atoms with Crippen molar-refractivity contribution in [1.82, 2.24) is 4.98 Å². The molecular formula is C8H6BrF5N2. The second kappa shape index (κ2) is 4.52. The van der Waals surface area contributed by atoms with Crippen LogP contribution < -0.4 is 5.73 Å². The molecule has 2 N–H and O–H groups in total. The molecule has 0 atom stereocenters.